The molecule has 0 saturated carbocycles. The maximum Gasteiger partial charge on any atom is 0.186 e. The van der Waals surface area contributed by atoms with Gasteiger partial charge >= 0.3 is 0 Å². The van der Waals surface area contributed by atoms with Crippen LogP contribution in [0.4, 0.5) is 0 Å². The summed E-state index contributed by atoms with van der Waals surface area (Å²) in [5, 5.41) is 0.439. The third kappa shape index (κ3) is 1.77. The largest absolute Gasteiger partial charge is 0.346 e. The van der Waals surface area contributed by atoms with E-state index in [0.29, 0.717) is 35.8 Å². The summed E-state index contributed by atoms with van der Waals surface area (Å²) in [5.41, 5.74) is 0.964. The molecule has 0 atom stereocenters. The number of rotatable bonds is 2. The second-order valence-electron chi connectivity index (χ2n) is 2.82. The van der Waals surface area contributed by atoms with Gasteiger partial charge in [-0.3, -0.25) is 9.78 Å². The molecule has 2 rings (SSSR count). The van der Waals surface area contributed by atoms with Crippen LogP contribution in [-0.2, 0) is 9.47 Å². The van der Waals surface area contributed by atoms with E-state index in [9.17, 15) is 4.79 Å². The van der Waals surface area contributed by atoms with Gasteiger partial charge in [0, 0.05) is 11.8 Å². The van der Waals surface area contributed by atoms with Crippen molar-refractivity contribution < 1.29 is 14.3 Å². The maximum atomic E-state index is 10.4. The van der Waals surface area contributed by atoms with Crippen molar-refractivity contribution in [3.8, 4) is 0 Å². The zero-order chi connectivity index (χ0) is 9.97. The highest BCUT2D eigenvalue weighted by molar-refractivity contribution is 6.31. The molecule has 1 saturated heterocycles. The van der Waals surface area contributed by atoms with E-state index in [1.54, 1.807) is 0 Å². The van der Waals surface area contributed by atoms with Gasteiger partial charge in [0.2, 0.25) is 0 Å². The van der Waals surface area contributed by atoms with Crippen molar-refractivity contribution in [2.45, 2.75) is 6.29 Å². The minimum Gasteiger partial charge on any atom is -0.346 e. The monoisotopic (exact) mass is 213 g/mol. The molecule has 1 aliphatic heterocycles. The lowest BCUT2D eigenvalue weighted by Gasteiger charge is -2.10. The molecule has 5 heteroatoms. The van der Waals surface area contributed by atoms with Crippen LogP contribution in [0.3, 0.4) is 0 Å². The summed E-state index contributed by atoms with van der Waals surface area (Å²) in [6.07, 6.45) is 1.70. The molecule has 1 aliphatic rings. The zero-order valence-corrected chi connectivity index (χ0v) is 8.03. The second kappa shape index (κ2) is 4.04. The molecule has 0 aliphatic carbocycles. The first-order chi connectivity index (χ1) is 6.81. The van der Waals surface area contributed by atoms with Crippen LogP contribution in [0.2, 0.25) is 5.02 Å². The molecule has 14 heavy (non-hydrogen) atoms. The number of ether oxygens (including phenoxy) is 2. The van der Waals surface area contributed by atoms with Gasteiger partial charge in [-0.1, -0.05) is 11.6 Å². The number of halogens is 1. The van der Waals surface area contributed by atoms with Crippen LogP contribution in [-0.4, -0.2) is 24.5 Å². The molecule has 0 amide bonds. The fourth-order valence-corrected chi connectivity index (χ4v) is 1.48. The van der Waals surface area contributed by atoms with Crippen molar-refractivity contribution in [2.24, 2.45) is 0 Å². The lowest BCUT2D eigenvalue weighted by molar-refractivity contribution is -0.0442. The van der Waals surface area contributed by atoms with Gasteiger partial charge in [0.25, 0.3) is 0 Å². The van der Waals surface area contributed by atoms with Gasteiger partial charge in [-0.05, 0) is 6.07 Å². The second-order valence-corrected chi connectivity index (χ2v) is 3.23. The van der Waals surface area contributed by atoms with Gasteiger partial charge in [-0.2, -0.15) is 0 Å². The number of nitrogens with zero attached hydrogens (tertiary/aromatic N) is 1. The van der Waals surface area contributed by atoms with Crippen LogP contribution in [0.15, 0.2) is 12.3 Å². The Kier molecular flexibility index (Phi) is 2.77. The molecule has 1 fully saturated rings. The number of aromatic nitrogens is 1. The predicted octanol–water partition coefficient (Wildman–Crippen LogP) is 1.59. The van der Waals surface area contributed by atoms with Crippen LogP contribution < -0.4 is 0 Å². The summed E-state index contributed by atoms with van der Waals surface area (Å²) in [4.78, 5) is 14.3. The minimum absolute atomic E-state index is 0.303. The molecule has 0 unspecified atom stereocenters. The van der Waals surface area contributed by atoms with E-state index in [1.807, 2.05) is 0 Å². The Balaban J connectivity index is 2.29. The first-order valence-electron chi connectivity index (χ1n) is 4.15. The van der Waals surface area contributed by atoms with Crippen LogP contribution >= 0.6 is 11.6 Å². The molecule has 1 aromatic heterocycles. The van der Waals surface area contributed by atoms with Crippen LogP contribution in [0.1, 0.15) is 22.3 Å². The number of aldehydes is 1. The van der Waals surface area contributed by atoms with Crippen molar-refractivity contribution in [3.05, 3.63) is 28.5 Å². The maximum absolute atomic E-state index is 10.4. The first-order valence-corrected chi connectivity index (χ1v) is 4.53. The summed E-state index contributed by atoms with van der Waals surface area (Å²) in [5.74, 6) is 0. The molecular formula is C9H8ClNO3. The van der Waals surface area contributed by atoms with E-state index in [2.05, 4.69) is 4.98 Å². The average Bonchev–Trinajstić information content (AvgIpc) is 2.70. The summed E-state index contributed by atoms with van der Waals surface area (Å²) in [6.45, 7) is 1.10. The van der Waals surface area contributed by atoms with Crippen molar-refractivity contribution in [2.75, 3.05) is 13.2 Å². The Labute approximate surface area is 85.8 Å². The Bertz CT molecular complexity index is 350. The fraction of sp³-hybridized carbons (Fsp3) is 0.333. The number of pyridine rings is 1. The normalized spacial score (nSPS) is 17.2. The molecule has 0 spiro atoms. The highest BCUT2D eigenvalue weighted by Crippen LogP contribution is 2.28. The van der Waals surface area contributed by atoms with Gasteiger partial charge in [-0.25, -0.2) is 0 Å². The Morgan fingerprint density at radius 2 is 2.21 bits per heavy atom. The van der Waals surface area contributed by atoms with Gasteiger partial charge in [0.1, 0.15) is 5.69 Å². The lowest BCUT2D eigenvalue weighted by Crippen LogP contribution is -2.01. The minimum atomic E-state index is -0.448. The molecular weight excluding hydrogens is 206 g/mol. The van der Waals surface area contributed by atoms with Crippen molar-refractivity contribution in [3.63, 3.8) is 0 Å². The third-order valence-electron chi connectivity index (χ3n) is 1.90. The Hall–Kier alpha value is -0.970. The van der Waals surface area contributed by atoms with Gasteiger partial charge in [-0.15, -0.1) is 0 Å². The number of hydrogen-bond donors (Lipinski definition) is 0. The fourth-order valence-electron chi connectivity index (χ4n) is 1.23. The molecule has 2 heterocycles. The van der Waals surface area contributed by atoms with Crippen LogP contribution in [0.5, 0.6) is 0 Å². The molecule has 0 radical (unpaired) electrons. The smallest absolute Gasteiger partial charge is 0.186 e. The van der Waals surface area contributed by atoms with E-state index in [4.69, 9.17) is 21.1 Å². The zero-order valence-electron chi connectivity index (χ0n) is 7.27. The van der Waals surface area contributed by atoms with Gasteiger partial charge in [0.05, 0.1) is 18.2 Å². The molecule has 0 N–H and O–H groups in total. The van der Waals surface area contributed by atoms with E-state index in [1.165, 1.54) is 12.3 Å². The van der Waals surface area contributed by atoms with E-state index in [-0.39, 0.29) is 0 Å². The summed E-state index contributed by atoms with van der Waals surface area (Å²) in [7, 11) is 0. The molecule has 4 nitrogen and oxygen atoms in total. The highest BCUT2D eigenvalue weighted by Gasteiger charge is 2.21. The molecule has 0 bridgehead atoms. The van der Waals surface area contributed by atoms with Crippen LogP contribution in [0, 0.1) is 0 Å². The van der Waals surface area contributed by atoms with Crippen molar-refractivity contribution in [1.82, 2.24) is 4.98 Å². The van der Waals surface area contributed by atoms with Gasteiger partial charge < -0.3 is 9.47 Å². The van der Waals surface area contributed by atoms with Gasteiger partial charge in [0.15, 0.2) is 12.6 Å². The molecule has 1 aromatic rings. The Morgan fingerprint density at radius 1 is 1.50 bits per heavy atom. The number of carbonyl (C=O) groups is 1. The predicted molar refractivity (Wildman–Crippen MR) is 49.3 cm³/mol. The first kappa shape index (κ1) is 9.58. The average molecular weight is 214 g/mol. The summed E-state index contributed by atoms with van der Waals surface area (Å²) in [6, 6.07) is 1.49. The summed E-state index contributed by atoms with van der Waals surface area (Å²) >= 11 is 5.93. The number of hydrogen-bond acceptors (Lipinski definition) is 4. The topological polar surface area (TPSA) is 48.4 Å². The lowest BCUT2D eigenvalue weighted by atomic mass is 10.2. The third-order valence-corrected chi connectivity index (χ3v) is 2.23. The number of carbonyl (C=O) groups excluding carboxylic acids is 1. The van der Waals surface area contributed by atoms with E-state index in [0.717, 1.165) is 0 Å². The van der Waals surface area contributed by atoms with Crippen molar-refractivity contribution in [1.29, 1.82) is 0 Å². The Morgan fingerprint density at radius 3 is 2.79 bits per heavy atom. The quantitative estimate of drug-likeness (QED) is 0.700. The van der Waals surface area contributed by atoms with Crippen molar-refractivity contribution >= 4 is 17.9 Å². The SMILES string of the molecule is O=Cc1cc(Cl)c(C2OCCO2)cn1. The standard InChI is InChI=1S/C9H8ClNO3/c10-8-3-6(5-12)11-4-7(8)9-13-1-2-14-9/h3-5,9H,1-2H2. The van der Waals surface area contributed by atoms with E-state index < -0.39 is 6.29 Å². The van der Waals surface area contributed by atoms with Crippen LogP contribution in [0.25, 0.3) is 0 Å². The summed E-state index contributed by atoms with van der Waals surface area (Å²) < 4.78 is 10.5. The van der Waals surface area contributed by atoms with E-state index >= 15 is 0 Å². The molecule has 0 aromatic carbocycles. The highest BCUT2D eigenvalue weighted by atomic mass is 35.5. The molecule has 74 valence electrons.